The maximum Gasteiger partial charge on any atom is 0.0689 e. The quantitative estimate of drug-likeness (QED) is 0.510. The summed E-state index contributed by atoms with van der Waals surface area (Å²) < 4.78 is 0. The summed E-state index contributed by atoms with van der Waals surface area (Å²) in [5, 5.41) is 0. The molecule has 0 aliphatic heterocycles. The van der Waals surface area contributed by atoms with Crippen molar-refractivity contribution in [2.24, 2.45) is 0 Å². The molecular formula is C9H9NOWY-2. The molecule has 0 fully saturated rings. The summed E-state index contributed by atoms with van der Waals surface area (Å²) in [5.74, 6) is -0.0324. The number of rotatable bonds is 1. The van der Waals surface area contributed by atoms with E-state index in [1.165, 1.54) is 6.92 Å². The number of aromatic nitrogens is 1. The van der Waals surface area contributed by atoms with Gasteiger partial charge in [-0.1, -0.05) is 13.8 Å². The van der Waals surface area contributed by atoms with Gasteiger partial charge in [0.25, 0.3) is 0 Å². The van der Waals surface area contributed by atoms with Crippen LogP contribution in [0.1, 0.15) is 28.5 Å². The fourth-order valence-electron chi connectivity index (χ4n) is 0.935. The van der Waals surface area contributed by atoms with Crippen LogP contribution in [-0.2, 0) is 53.8 Å². The van der Waals surface area contributed by atoms with Crippen LogP contribution in [0.25, 0.3) is 0 Å². The smallest absolute Gasteiger partial charge is 0.0689 e. The molecule has 1 aromatic heterocycles. The molecule has 0 aliphatic carbocycles. The van der Waals surface area contributed by atoms with E-state index in [9.17, 15) is 4.79 Å². The fraction of sp³-hybridized carbons (Fsp3) is 0.333. The largest absolute Gasteiger partial charge is 0.518 e. The van der Waals surface area contributed by atoms with Gasteiger partial charge in [0.2, 0.25) is 0 Å². The maximum absolute atomic E-state index is 10.9. The summed E-state index contributed by atoms with van der Waals surface area (Å²) in [6.07, 6.45) is 2.70. The van der Waals surface area contributed by atoms with Gasteiger partial charge in [-0.05, 0) is 6.92 Å². The van der Waals surface area contributed by atoms with Gasteiger partial charge in [-0.15, -0.1) is 5.69 Å². The molecule has 0 spiro atoms. The van der Waals surface area contributed by atoms with Crippen molar-refractivity contribution in [2.75, 3.05) is 0 Å². The molecule has 4 heteroatoms. The number of nitrogens with zero attached hydrogens (tertiary/aromatic N) is 1. The minimum absolute atomic E-state index is 0. The Morgan fingerprint density at radius 2 is 1.92 bits per heavy atom. The van der Waals surface area contributed by atoms with Crippen molar-refractivity contribution in [3.63, 3.8) is 0 Å². The molecule has 1 aromatic rings. The van der Waals surface area contributed by atoms with E-state index in [1.54, 1.807) is 0 Å². The fourth-order valence-corrected chi connectivity index (χ4v) is 0.935. The molecule has 0 saturated heterocycles. The molecule has 13 heavy (non-hydrogen) atoms. The van der Waals surface area contributed by atoms with E-state index in [4.69, 9.17) is 0 Å². The van der Waals surface area contributed by atoms with Crippen LogP contribution in [0.2, 0.25) is 0 Å². The number of pyridine rings is 1. The molecule has 0 bridgehead atoms. The van der Waals surface area contributed by atoms with Gasteiger partial charge < -0.3 is 15.8 Å². The second kappa shape index (κ2) is 6.98. The Morgan fingerprint density at radius 1 is 1.38 bits per heavy atom. The van der Waals surface area contributed by atoms with Gasteiger partial charge in [0.05, 0.1) is 5.78 Å². The first kappa shape index (κ1) is 16.1. The summed E-state index contributed by atoms with van der Waals surface area (Å²) in [6, 6.07) is 2.98. The molecule has 2 nitrogen and oxygen atoms in total. The summed E-state index contributed by atoms with van der Waals surface area (Å²) in [4.78, 5) is 14.7. The average Bonchev–Trinajstić information content (AvgIpc) is 1.85. The minimum Gasteiger partial charge on any atom is -0.518 e. The third-order valence-corrected chi connectivity index (χ3v) is 1.40. The van der Waals surface area contributed by atoms with Crippen molar-refractivity contribution in [1.29, 1.82) is 0 Å². The van der Waals surface area contributed by atoms with Crippen molar-refractivity contribution in [1.82, 2.24) is 4.98 Å². The number of ketones is 1. The molecule has 1 heterocycles. The Balaban J connectivity index is 0. The maximum atomic E-state index is 10.9. The van der Waals surface area contributed by atoms with Crippen molar-refractivity contribution < 1.29 is 58.6 Å². The molecule has 0 aliphatic rings. The zero-order valence-electron chi connectivity index (χ0n) is 7.84. The van der Waals surface area contributed by atoms with Gasteiger partial charge in [0.1, 0.15) is 0 Å². The normalized spacial score (nSPS) is 8.23. The van der Waals surface area contributed by atoms with Crippen molar-refractivity contribution >= 4 is 5.78 Å². The molecule has 0 N–H and O–H groups in total. The van der Waals surface area contributed by atoms with Crippen molar-refractivity contribution in [2.45, 2.75) is 20.8 Å². The van der Waals surface area contributed by atoms with E-state index in [0.29, 0.717) is 5.69 Å². The number of hydrogen-bond donors (Lipinski definition) is 0. The van der Waals surface area contributed by atoms with Gasteiger partial charge in [-0.25, -0.2) is 0 Å². The molecule has 0 unspecified atom stereocenters. The van der Waals surface area contributed by atoms with E-state index in [-0.39, 0.29) is 59.6 Å². The minimum atomic E-state index is -0.0324. The van der Waals surface area contributed by atoms with Gasteiger partial charge in [-0.2, -0.15) is 0 Å². The Morgan fingerprint density at radius 3 is 2.31 bits per heavy atom. The summed E-state index contributed by atoms with van der Waals surface area (Å²) in [7, 11) is 0. The van der Waals surface area contributed by atoms with Crippen molar-refractivity contribution in [3.05, 3.63) is 29.1 Å². The Labute approximate surface area is 118 Å². The monoisotopic (exact) mass is 420 g/mol. The van der Waals surface area contributed by atoms with Crippen LogP contribution in [0, 0.1) is 26.1 Å². The van der Waals surface area contributed by atoms with Crippen LogP contribution in [-0.4, -0.2) is 10.8 Å². The molecular weight excluding hydrogens is 411 g/mol. The molecule has 0 saturated carbocycles. The van der Waals surface area contributed by atoms with Gasteiger partial charge >= 0.3 is 0 Å². The second-order valence-electron chi connectivity index (χ2n) is 2.50. The number of carbonyl (C=O) groups excluding carboxylic acids is 1. The van der Waals surface area contributed by atoms with Crippen LogP contribution < -0.4 is 0 Å². The van der Waals surface area contributed by atoms with Gasteiger partial charge in [0.15, 0.2) is 0 Å². The standard InChI is InChI=1S/C9H9NO.W.Y/c1-6-4-7(2)9(8(3)11)10-5-6;;/h1-3H3;;/q-2;;. The molecule has 0 amide bonds. The predicted molar refractivity (Wildman–Crippen MR) is 41.4 cm³/mol. The Hall–Kier alpha value is 0.612. The molecule has 1 rings (SSSR count). The zero-order chi connectivity index (χ0) is 8.43. The van der Waals surface area contributed by atoms with Crippen LogP contribution >= 0.6 is 0 Å². The van der Waals surface area contributed by atoms with E-state index in [0.717, 1.165) is 11.1 Å². The van der Waals surface area contributed by atoms with E-state index in [2.05, 4.69) is 17.2 Å². The summed E-state index contributed by atoms with van der Waals surface area (Å²) in [6.45, 7) is 5.17. The van der Waals surface area contributed by atoms with Gasteiger partial charge in [0, 0.05) is 53.8 Å². The van der Waals surface area contributed by atoms with Crippen LogP contribution in [0.4, 0.5) is 0 Å². The number of aryl methyl sites for hydroxylation is 2. The third-order valence-electron chi connectivity index (χ3n) is 1.40. The first-order valence-corrected chi connectivity index (χ1v) is 3.40. The van der Waals surface area contributed by atoms with E-state index >= 15 is 0 Å². The van der Waals surface area contributed by atoms with Gasteiger partial charge in [-0.3, -0.25) is 17.3 Å². The first-order chi connectivity index (χ1) is 5.11. The Kier molecular flexibility index (Phi) is 8.62. The SMILES string of the molecule is CC(=O)c1n[c-]c(C)[c-]c1C.[W].[Y]. The third kappa shape index (κ3) is 4.58. The molecule has 67 valence electrons. The molecule has 1 radical (unpaired) electrons. The Bertz CT molecular complexity index is 302. The predicted octanol–water partition coefficient (Wildman–Crippen LogP) is 1.50. The zero-order valence-corrected chi connectivity index (χ0v) is 13.6. The summed E-state index contributed by atoms with van der Waals surface area (Å²) >= 11 is 0. The molecule has 0 atom stereocenters. The summed E-state index contributed by atoms with van der Waals surface area (Å²) in [5.41, 5.74) is 2.11. The second-order valence-corrected chi connectivity index (χ2v) is 2.50. The number of Topliss-reactive ketones (excluding diaryl/α,β-unsaturated/α-hetero) is 1. The van der Waals surface area contributed by atoms with Crippen LogP contribution in [0.15, 0.2) is 0 Å². The van der Waals surface area contributed by atoms with Crippen molar-refractivity contribution in [3.8, 4) is 0 Å². The number of hydrogen-bond acceptors (Lipinski definition) is 2. The molecule has 0 aromatic carbocycles. The van der Waals surface area contributed by atoms with Crippen LogP contribution in [0.3, 0.4) is 0 Å². The number of carbonyl (C=O) groups is 1. The van der Waals surface area contributed by atoms with E-state index in [1.807, 2.05) is 13.8 Å². The van der Waals surface area contributed by atoms with Crippen LogP contribution in [0.5, 0.6) is 0 Å². The topological polar surface area (TPSA) is 30.0 Å². The van der Waals surface area contributed by atoms with E-state index < -0.39 is 0 Å². The first-order valence-electron chi connectivity index (χ1n) is 3.40. The average molecular weight is 420 g/mol.